The number of rotatable bonds is 3. The van der Waals surface area contributed by atoms with Crippen molar-refractivity contribution in [2.24, 2.45) is 5.92 Å². The van der Waals surface area contributed by atoms with Gasteiger partial charge >= 0.3 is 5.97 Å². The summed E-state index contributed by atoms with van der Waals surface area (Å²) < 4.78 is 10.1. The predicted octanol–water partition coefficient (Wildman–Crippen LogP) is 1.63. The van der Waals surface area contributed by atoms with E-state index < -0.39 is 17.7 Å². The quantitative estimate of drug-likeness (QED) is 0.477. The van der Waals surface area contributed by atoms with Crippen molar-refractivity contribution in [2.75, 3.05) is 13.2 Å². The molecular weight excluding hydrogens is 260 g/mol. The molecule has 0 aliphatic carbocycles. The number of carbonyl (C=O) groups excluding carboxylic acids is 3. The van der Waals surface area contributed by atoms with Gasteiger partial charge in [-0.2, -0.15) is 0 Å². The molecule has 0 saturated carbocycles. The van der Waals surface area contributed by atoms with Crippen LogP contribution in [0.25, 0.3) is 0 Å². The highest BCUT2D eigenvalue weighted by Crippen LogP contribution is 2.31. The molecule has 20 heavy (non-hydrogen) atoms. The number of ether oxygens (including phenoxy) is 2. The summed E-state index contributed by atoms with van der Waals surface area (Å²) in [6.07, 6.45) is 0. The summed E-state index contributed by atoms with van der Waals surface area (Å²) in [7, 11) is 0. The first-order valence-electron chi connectivity index (χ1n) is 6.45. The zero-order valence-electron chi connectivity index (χ0n) is 11.7. The Hall–Kier alpha value is -2.17. The number of ketones is 2. The van der Waals surface area contributed by atoms with Gasteiger partial charge in [-0.3, -0.25) is 9.59 Å². The van der Waals surface area contributed by atoms with Gasteiger partial charge in [0.2, 0.25) is 0 Å². The lowest BCUT2D eigenvalue weighted by Crippen LogP contribution is -2.39. The van der Waals surface area contributed by atoms with E-state index in [1.807, 2.05) is 13.0 Å². The average Bonchev–Trinajstić information content (AvgIpc) is 2.37. The highest BCUT2D eigenvalue weighted by atomic mass is 16.5. The van der Waals surface area contributed by atoms with Crippen molar-refractivity contribution in [3.05, 3.63) is 28.8 Å². The molecule has 1 aliphatic rings. The minimum Gasteiger partial charge on any atom is -0.492 e. The molecule has 0 aromatic heterocycles. The Labute approximate surface area is 116 Å². The van der Waals surface area contributed by atoms with Crippen molar-refractivity contribution >= 4 is 17.5 Å². The third-order valence-corrected chi connectivity index (χ3v) is 3.21. The molecular formula is C15H16O5. The molecule has 1 atom stereocenters. The van der Waals surface area contributed by atoms with Crippen LogP contribution in [0.5, 0.6) is 5.75 Å². The van der Waals surface area contributed by atoms with Gasteiger partial charge in [0.1, 0.15) is 18.3 Å². The van der Waals surface area contributed by atoms with Gasteiger partial charge in [0.05, 0.1) is 12.2 Å². The Balaban J connectivity index is 2.32. The lowest BCUT2D eigenvalue weighted by atomic mass is 9.88. The highest BCUT2D eigenvalue weighted by molar-refractivity contribution is 6.40. The molecule has 1 aliphatic heterocycles. The Morgan fingerprint density at radius 3 is 2.70 bits per heavy atom. The first-order valence-corrected chi connectivity index (χ1v) is 6.45. The first kappa shape index (κ1) is 14.2. The number of hydrogen-bond acceptors (Lipinski definition) is 5. The van der Waals surface area contributed by atoms with E-state index in [1.165, 1.54) is 0 Å². The minimum absolute atomic E-state index is 0.0984. The fraction of sp³-hybridized carbons (Fsp3) is 0.400. The van der Waals surface area contributed by atoms with E-state index in [4.69, 9.17) is 4.74 Å². The summed E-state index contributed by atoms with van der Waals surface area (Å²) in [4.78, 5) is 35.8. The highest BCUT2D eigenvalue weighted by Gasteiger charge is 2.39. The number of esters is 1. The summed E-state index contributed by atoms with van der Waals surface area (Å²) in [5, 5.41) is 0. The van der Waals surface area contributed by atoms with Crippen LogP contribution in [-0.2, 0) is 14.3 Å². The van der Waals surface area contributed by atoms with E-state index >= 15 is 0 Å². The molecule has 1 aromatic carbocycles. The molecule has 0 saturated heterocycles. The summed E-state index contributed by atoms with van der Waals surface area (Å²) in [5.41, 5.74) is 2.10. The normalized spacial score (nSPS) is 17.1. The zero-order valence-corrected chi connectivity index (χ0v) is 11.7. The van der Waals surface area contributed by atoms with Gasteiger partial charge in [-0.1, -0.05) is 6.07 Å². The van der Waals surface area contributed by atoms with Crippen LogP contribution in [0.4, 0.5) is 0 Å². The number of benzene rings is 1. The van der Waals surface area contributed by atoms with Gasteiger partial charge in [0.15, 0.2) is 5.78 Å². The maximum atomic E-state index is 12.4. The Bertz CT molecular complexity index is 588. The van der Waals surface area contributed by atoms with Crippen molar-refractivity contribution in [3.63, 3.8) is 0 Å². The Kier molecular flexibility index (Phi) is 3.88. The fourth-order valence-electron chi connectivity index (χ4n) is 2.32. The van der Waals surface area contributed by atoms with E-state index in [1.54, 1.807) is 19.9 Å². The number of carbonyl (C=O) groups is 3. The zero-order chi connectivity index (χ0) is 14.9. The van der Waals surface area contributed by atoms with Crippen LogP contribution in [0.15, 0.2) is 12.1 Å². The maximum Gasteiger partial charge on any atom is 0.375 e. The smallest absolute Gasteiger partial charge is 0.375 e. The molecule has 5 heteroatoms. The van der Waals surface area contributed by atoms with Crippen molar-refractivity contribution in [2.45, 2.75) is 20.8 Å². The van der Waals surface area contributed by atoms with Crippen molar-refractivity contribution in [3.8, 4) is 5.75 Å². The van der Waals surface area contributed by atoms with Crippen LogP contribution >= 0.6 is 0 Å². The molecule has 106 valence electrons. The number of fused-ring (bicyclic) bond motifs is 1. The fourth-order valence-corrected chi connectivity index (χ4v) is 2.32. The third kappa shape index (κ3) is 2.43. The molecule has 0 amide bonds. The standard InChI is InChI=1S/C15H16O5/c1-4-19-15(18)14(17)10-7-20-11-6-8(2)5-9(3)12(11)13(10)16/h5-6,10H,4,7H2,1-3H3. The van der Waals surface area contributed by atoms with Crippen molar-refractivity contribution in [1.82, 2.24) is 0 Å². The molecule has 5 nitrogen and oxygen atoms in total. The summed E-state index contributed by atoms with van der Waals surface area (Å²) in [6, 6.07) is 3.60. The van der Waals surface area contributed by atoms with E-state index in [0.717, 1.165) is 11.1 Å². The average molecular weight is 276 g/mol. The molecule has 0 fully saturated rings. The van der Waals surface area contributed by atoms with Gasteiger partial charge in [-0.15, -0.1) is 0 Å². The van der Waals surface area contributed by atoms with Crippen molar-refractivity contribution in [1.29, 1.82) is 0 Å². The second-order valence-electron chi connectivity index (χ2n) is 4.77. The van der Waals surface area contributed by atoms with Crippen LogP contribution in [0.3, 0.4) is 0 Å². The third-order valence-electron chi connectivity index (χ3n) is 3.21. The Morgan fingerprint density at radius 1 is 1.35 bits per heavy atom. The molecule has 0 radical (unpaired) electrons. The molecule has 1 aromatic rings. The maximum absolute atomic E-state index is 12.4. The topological polar surface area (TPSA) is 69.7 Å². The van der Waals surface area contributed by atoms with Gasteiger partial charge in [-0.05, 0) is 38.0 Å². The second-order valence-corrected chi connectivity index (χ2v) is 4.77. The van der Waals surface area contributed by atoms with Gasteiger partial charge < -0.3 is 9.47 Å². The van der Waals surface area contributed by atoms with Crippen LogP contribution in [0, 0.1) is 19.8 Å². The van der Waals surface area contributed by atoms with E-state index in [-0.39, 0.29) is 19.0 Å². The van der Waals surface area contributed by atoms with Gasteiger partial charge in [0, 0.05) is 0 Å². The van der Waals surface area contributed by atoms with Crippen LogP contribution in [-0.4, -0.2) is 30.7 Å². The second kappa shape index (κ2) is 5.45. The molecule has 2 rings (SSSR count). The number of hydrogen-bond donors (Lipinski definition) is 0. The van der Waals surface area contributed by atoms with Gasteiger partial charge in [0.25, 0.3) is 5.78 Å². The molecule has 0 N–H and O–H groups in total. The van der Waals surface area contributed by atoms with E-state index in [2.05, 4.69) is 4.74 Å². The van der Waals surface area contributed by atoms with Crippen molar-refractivity contribution < 1.29 is 23.9 Å². The first-order chi connectivity index (χ1) is 9.45. The SMILES string of the molecule is CCOC(=O)C(=O)C1COc2cc(C)cc(C)c2C1=O. The van der Waals surface area contributed by atoms with Crippen LogP contribution < -0.4 is 4.74 Å². The molecule has 0 spiro atoms. The van der Waals surface area contributed by atoms with Crippen LogP contribution in [0.1, 0.15) is 28.4 Å². The van der Waals surface area contributed by atoms with E-state index in [0.29, 0.717) is 11.3 Å². The summed E-state index contributed by atoms with van der Waals surface area (Å²) >= 11 is 0. The van der Waals surface area contributed by atoms with Gasteiger partial charge in [-0.25, -0.2) is 4.79 Å². The summed E-state index contributed by atoms with van der Waals surface area (Å²) in [6.45, 7) is 5.27. The number of aryl methyl sites for hydroxylation is 2. The summed E-state index contributed by atoms with van der Waals surface area (Å²) in [5.74, 6) is -2.84. The molecule has 1 unspecified atom stereocenters. The monoisotopic (exact) mass is 276 g/mol. The Morgan fingerprint density at radius 2 is 2.05 bits per heavy atom. The number of Topliss-reactive ketones (excluding diaryl/α,β-unsaturated/α-hetero) is 2. The lowest BCUT2D eigenvalue weighted by Gasteiger charge is -2.24. The van der Waals surface area contributed by atoms with E-state index in [9.17, 15) is 14.4 Å². The largest absolute Gasteiger partial charge is 0.492 e. The molecule has 1 heterocycles. The predicted molar refractivity (Wildman–Crippen MR) is 70.9 cm³/mol. The minimum atomic E-state index is -1.11. The molecule has 0 bridgehead atoms. The lowest BCUT2D eigenvalue weighted by molar-refractivity contribution is -0.155. The van der Waals surface area contributed by atoms with Crippen LogP contribution in [0.2, 0.25) is 0 Å².